The lowest BCUT2D eigenvalue weighted by molar-refractivity contribution is -0.131. The molecule has 1 aromatic heterocycles. The molecule has 4 N–H and O–H groups in total. The highest BCUT2D eigenvalue weighted by atomic mass is 32.1. The van der Waals surface area contributed by atoms with Gasteiger partial charge in [-0.3, -0.25) is 4.79 Å². The van der Waals surface area contributed by atoms with Crippen molar-refractivity contribution in [1.82, 2.24) is 9.69 Å². The van der Waals surface area contributed by atoms with Crippen LogP contribution in [0.3, 0.4) is 0 Å². The number of nitrogen functional groups attached to an aromatic ring is 1. The van der Waals surface area contributed by atoms with Crippen LogP contribution in [0.5, 0.6) is 0 Å². The number of carbonyl (C=O) groups is 1. The first-order valence-corrected chi connectivity index (χ1v) is 6.34. The smallest absolute Gasteiger partial charge is 0.382 e. The zero-order valence-electron chi connectivity index (χ0n) is 10.5. The number of hydrogen-bond donors (Lipinski definition) is 3. The van der Waals surface area contributed by atoms with Crippen LogP contribution in [0.25, 0.3) is 0 Å². The number of alkyl halides is 3. The van der Waals surface area contributed by atoms with Crippen molar-refractivity contribution in [3.63, 3.8) is 0 Å². The highest BCUT2D eigenvalue weighted by molar-refractivity contribution is 7.11. The summed E-state index contributed by atoms with van der Waals surface area (Å²) in [5, 5.41) is 5.41. The molecule has 0 aromatic carbocycles. The van der Waals surface area contributed by atoms with Crippen molar-refractivity contribution in [3.05, 3.63) is 5.56 Å². The molecule has 0 aliphatic heterocycles. The van der Waals surface area contributed by atoms with Crippen LogP contribution in [-0.2, 0) is 0 Å². The largest absolute Gasteiger partial charge is 0.390 e. The van der Waals surface area contributed by atoms with Gasteiger partial charge in [-0.2, -0.15) is 17.5 Å². The number of nitrogens with two attached hydrogens (primary N) is 1. The fourth-order valence-electron chi connectivity index (χ4n) is 1.29. The van der Waals surface area contributed by atoms with Crippen molar-refractivity contribution >= 4 is 28.3 Å². The van der Waals surface area contributed by atoms with Gasteiger partial charge >= 0.3 is 6.18 Å². The fourth-order valence-corrected chi connectivity index (χ4v) is 2.03. The molecule has 0 atom stereocenters. The van der Waals surface area contributed by atoms with Crippen LogP contribution in [0, 0.1) is 0 Å². The number of carbonyl (C=O) groups excluding carboxylic acids is 1. The number of nitrogens with zero attached hydrogens (tertiary/aromatic N) is 1. The minimum absolute atomic E-state index is 0.0117. The van der Waals surface area contributed by atoms with Gasteiger partial charge in [0.15, 0.2) is 5.82 Å². The van der Waals surface area contributed by atoms with Crippen LogP contribution in [0.4, 0.5) is 24.0 Å². The maximum Gasteiger partial charge on any atom is 0.390 e. The average molecular weight is 296 g/mol. The Labute approximate surface area is 112 Å². The maximum absolute atomic E-state index is 12.0. The van der Waals surface area contributed by atoms with Crippen LogP contribution in [-0.4, -0.2) is 29.0 Å². The molecule has 108 valence electrons. The van der Waals surface area contributed by atoms with Gasteiger partial charge in [-0.1, -0.05) is 0 Å². The Hall–Kier alpha value is -1.51. The summed E-state index contributed by atoms with van der Waals surface area (Å²) < 4.78 is 39.9. The zero-order chi connectivity index (χ0) is 14.6. The molecule has 0 fully saturated rings. The number of amides is 1. The maximum atomic E-state index is 12.0. The van der Waals surface area contributed by atoms with Gasteiger partial charge in [-0.25, -0.2) is 0 Å². The lowest BCUT2D eigenvalue weighted by Crippen LogP contribution is -2.31. The molecular weight excluding hydrogens is 281 g/mol. The molecule has 0 unspecified atom stereocenters. The summed E-state index contributed by atoms with van der Waals surface area (Å²) in [5.74, 6) is -0.437. The van der Waals surface area contributed by atoms with E-state index in [9.17, 15) is 18.0 Å². The van der Waals surface area contributed by atoms with Crippen LogP contribution in [0.15, 0.2) is 0 Å². The number of halogens is 3. The molecule has 1 heterocycles. The normalized spacial score (nSPS) is 11.7. The van der Waals surface area contributed by atoms with Crippen molar-refractivity contribution in [2.45, 2.75) is 32.5 Å². The Balaban J connectivity index is 2.72. The van der Waals surface area contributed by atoms with Crippen LogP contribution < -0.4 is 16.4 Å². The predicted octanol–water partition coefficient (Wildman–Crippen LogP) is 2.23. The van der Waals surface area contributed by atoms with Crippen molar-refractivity contribution in [1.29, 1.82) is 0 Å². The second kappa shape index (κ2) is 6.09. The number of rotatable bonds is 5. The summed E-state index contributed by atoms with van der Waals surface area (Å²) in [5.41, 5.74) is 5.65. The van der Waals surface area contributed by atoms with E-state index in [1.165, 1.54) is 0 Å². The lowest BCUT2D eigenvalue weighted by atomic mass is 10.2. The summed E-state index contributed by atoms with van der Waals surface area (Å²) in [6.07, 6.45) is -5.24. The third kappa shape index (κ3) is 4.93. The predicted molar refractivity (Wildman–Crippen MR) is 68.3 cm³/mol. The SMILES string of the molecule is CC(C)NC(=O)c1c(N)nsc1NCCC(F)(F)F. The van der Waals surface area contributed by atoms with Crippen molar-refractivity contribution in [2.75, 3.05) is 17.6 Å². The van der Waals surface area contributed by atoms with Gasteiger partial charge in [0.2, 0.25) is 0 Å². The first kappa shape index (κ1) is 15.5. The topological polar surface area (TPSA) is 80.0 Å². The second-order valence-electron chi connectivity index (χ2n) is 4.19. The number of hydrogen-bond acceptors (Lipinski definition) is 5. The van der Waals surface area contributed by atoms with E-state index in [4.69, 9.17) is 5.73 Å². The molecule has 1 amide bonds. The van der Waals surface area contributed by atoms with E-state index in [0.717, 1.165) is 11.5 Å². The fraction of sp³-hybridized carbons (Fsp3) is 0.600. The minimum Gasteiger partial charge on any atom is -0.382 e. The molecule has 0 bridgehead atoms. The summed E-state index contributed by atoms with van der Waals surface area (Å²) >= 11 is 0.868. The van der Waals surface area contributed by atoms with Crippen molar-refractivity contribution in [3.8, 4) is 0 Å². The summed E-state index contributed by atoms with van der Waals surface area (Å²) in [6.45, 7) is 3.21. The monoisotopic (exact) mass is 296 g/mol. The van der Waals surface area contributed by atoms with Gasteiger partial charge in [0.05, 0.1) is 6.42 Å². The van der Waals surface area contributed by atoms with Gasteiger partial charge in [0, 0.05) is 12.6 Å². The summed E-state index contributed by atoms with van der Waals surface area (Å²) in [4.78, 5) is 11.8. The zero-order valence-corrected chi connectivity index (χ0v) is 11.3. The van der Waals surface area contributed by atoms with Crippen molar-refractivity contribution in [2.24, 2.45) is 0 Å². The summed E-state index contributed by atoms with van der Waals surface area (Å²) in [6, 6.07) is -0.102. The van der Waals surface area contributed by atoms with Crippen LogP contribution in [0.1, 0.15) is 30.6 Å². The molecule has 0 spiro atoms. The van der Waals surface area contributed by atoms with E-state index < -0.39 is 18.5 Å². The Kier molecular flexibility index (Phi) is 4.98. The highest BCUT2D eigenvalue weighted by Gasteiger charge is 2.27. The van der Waals surface area contributed by atoms with Crippen LogP contribution >= 0.6 is 11.5 Å². The Bertz CT molecular complexity index is 444. The van der Waals surface area contributed by atoms with Gasteiger partial charge < -0.3 is 16.4 Å². The second-order valence-corrected chi connectivity index (χ2v) is 4.97. The molecule has 5 nitrogen and oxygen atoms in total. The molecule has 1 rings (SSSR count). The van der Waals surface area contributed by atoms with Gasteiger partial charge in [-0.15, -0.1) is 0 Å². The van der Waals surface area contributed by atoms with Crippen molar-refractivity contribution < 1.29 is 18.0 Å². The van der Waals surface area contributed by atoms with E-state index in [2.05, 4.69) is 15.0 Å². The summed E-state index contributed by atoms with van der Waals surface area (Å²) in [7, 11) is 0. The molecule has 19 heavy (non-hydrogen) atoms. The highest BCUT2D eigenvalue weighted by Crippen LogP contribution is 2.27. The first-order valence-electron chi connectivity index (χ1n) is 5.57. The van der Waals surface area contributed by atoms with E-state index >= 15 is 0 Å². The third-order valence-electron chi connectivity index (χ3n) is 2.06. The number of nitrogens with one attached hydrogen (secondary N) is 2. The molecule has 1 aromatic rings. The van der Waals surface area contributed by atoms with Gasteiger partial charge in [0.25, 0.3) is 5.91 Å². The third-order valence-corrected chi connectivity index (χ3v) is 2.88. The minimum atomic E-state index is -4.25. The number of anilines is 2. The van der Waals surface area contributed by atoms with E-state index in [1.807, 2.05) is 0 Å². The molecule has 0 radical (unpaired) electrons. The van der Waals surface area contributed by atoms with Gasteiger partial charge in [0.1, 0.15) is 10.6 Å². The van der Waals surface area contributed by atoms with Gasteiger partial charge in [-0.05, 0) is 25.4 Å². The van der Waals surface area contributed by atoms with E-state index in [-0.39, 0.29) is 29.0 Å². The molecule has 0 saturated carbocycles. The van der Waals surface area contributed by atoms with Crippen LogP contribution in [0.2, 0.25) is 0 Å². The molecule has 0 saturated heterocycles. The Morgan fingerprint density at radius 1 is 1.47 bits per heavy atom. The average Bonchev–Trinajstić information content (AvgIpc) is 2.57. The van der Waals surface area contributed by atoms with E-state index in [0.29, 0.717) is 0 Å². The quantitative estimate of drug-likeness (QED) is 0.778. The molecule has 0 aliphatic carbocycles. The molecular formula is C10H15F3N4OS. The Morgan fingerprint density at radius 2 is 2.11 bits per heavy atom. The standard InChI is InChI=1S/C10H15F3N4OS/c1-5(2)16-8(18)6-7(14)17-19-9(6)15-4-3-10(11,12)13/h5,15H,3-4H2,1-2H3,(H2,14,17)(H,16,18). The Morgan fingerprint density at radius 3 is 2.63 bits per heavy atom. The molecule has 9 heteroatoms. The lowest BCUT2D eigenvalue weighted by Gasteiger charge is -2.11. The molecule has 0 aliphatic rings. The first-order chi connectivity index (χ1) is 8.70. The number of aromatic nitrogens is 1. The van der Waals surface area contributed by atoms with E-state index in [1.54, 1.807) is 13.8 Å².